The van der Waals surface area contributed by atoms with Crippen LogP contribution in [-0.4, -0.2) is 24.0 Å². The van der Waals surface area contributed by atoms with E-state index in [-0.39, 0.29) is 17.1 Å². The molecule has 1 amide bonds. The Morgan fingerprint density at radius 1 is 1.29 bits per heavy atom. The van der Waals surface area contributed by atoms with Gasteiger partial charge in [-0.15, -0.1) is 0 Å². The summed E-state index contributed by atoms with van der Waals surface area (Å²) in [5, 5.41) is 12.2. The smallest absolute Gasteiger partial charge is 0.339 e. The van der Waals surface area contributed by atoms with Crippen LogP contribution >= 0.6 is 11.6 Å². The second-order valence-corrected chi connectivity index (χ2v) is 4.90. The van der Waals surface area contributed by atoms with Crippen molar-refractivity contribution in [3.8, 4) is 0 Å². The van der Waals surface area contributed by atoms with Gasteiger partial charge < -0.3 is 14.8 Å². The molecule has 1 aromatic heterocycles. The van der Waals surface area contributed by atoms with Crippen molar-refractivity contribution in [2.45, 2.75) is 12.8 Å². The van der Waals surface area contributed by atoms with Crippen molar-refractivity contribution in [2.24, 2.45) is 0 Å². The minimum atomic E-state index is -1.12. The van der Waals surface area contributed by atoms with Gasteiger partial charge >= 0.3 is 5.97 Å². The maximum absolute atomic E-state index is 11.5. The first-order chi connectivity index (χ1) is 10.0. The average Bonchev–Trinajstić information content (AvgIpc) is 2.89. The first kappa shape index (κ1) is 15.1. The number of carboxylic acids is 1. The molecule has 2 rings (SSSR count). The Morgan fingerprint density at radius 3 is 2.67 bits per heavy atom. The molecule has 21 heavy (non-hydrogen) atoms. The molecule has 0 aliphatic carbocycles. The molecule has 0 aliphatic heterocycles. The number of aryl methyl sites for hydroxylation is 2. The van der Waals surface area contributed by atoms with Crippen LogP contribution in [0.5, 0.6) is 0 Å². The van der Waals surface area contributed by atoms with Gasteiger partial charge in [-0.1, -0.05) is 23.7 Å². The molecule has 0 atom stereocenters. The lowest BCUT2D eigenvalue weighted by Crippen LogP contribution is -2.16. The van der Waals surface area contributed by atoms with E-state index < -0.39 is 11.9 Å². The van der Waals surface area contributed by atoms with E-state index in [1.54, 1.807) is 6.07 Å². The molecule has 0 spiro atoms. The Kier molecular flexibility index (Phi) is 4.65. The molecule has 0 saturated carbocycles. The quantitative estimate of drug-likeness (QED) is 0.890. The van der Waals surface area contributed by atoms with Crippen LogP contribution in [-0.2, 0) is 12.8 Å². The molecule has 5 nitrogen and oxygen atoms in total. The molecule has 1 heterocycles. The van der Waals surface area contributed by atoms with E-state index in [0.29, 0.717) is 17.9 Å². The van der Waals surface area contributed by atoms with Crippen LogP contribution in [0.25, 0.3) is 0 Å². The summed E-state index contributed by atoms with van der Waals surface area (Å²) in [6.07, 6.45) is 0.945. The zero-order valence-electron chi connectivity index (χ0n) is 11.4. The molecule has 2 N–H and O–H groups in total. The Morgan fingerprint density at radius 2 is 2.05 bits per heavy atom. The minimum Gasteiger partial charge on any atom is -0.478 e. The summed E-state index contributed by atoms with van der Waals surface area (Å²) in [5.74, 6) is -1.29. The predicted octanol–water partition coefficient (Wildman–Crippen LogP) is 2.78. The highest BCUT2D eigenvalue weighted by Crippen LogP contribution is 2.19. The number of furan rings is 1. The maximum atomic E-state index is 11.5. The van der Waals surface area contributed by atoms with Crippen molar-refractivity contribution in [3.63, 3.8) is 0 Å². The summed E-state index contributed by atoms with van der Waals surface area (Å²) in [4.78, 5) is 22.7. The van der Waals surface area contributed by atoms with Crippen LogP contribution in [0.2, 0.25) is 5.02 Å². The average molecular weight is 308 g/mol. The van der Waals surface area contributed by atoms with Crippen LogP contribution in [0.4, 0.5) is 0 Å². The van der Waals surface area contributed by atoms with Crippen LogP contribution in [0.15, 0.2) is 34.7 Å². The largest absolute Gasteiger partial charge is 0.478 e. The van der Waals surface area contributed by atoms with E-state index in [0.717, 1.165) is 5.56 Å². The maximum Gasteiger partial charge on any atom is 0.339 e. The molecule has 0 fully saturated rings. The second kappa shape index (κ2) is 6.45. The zero-order chi connectivity index (χ0) is 15.4. The molecule has 0 radical (unpaired) electrons. The van der Waals surface area contributed by atoms with Crippen LogP contribution in [0.1, 0.15) is 32.2 Å². The fraction of sp³-hybridized carbons (Fsp3) is 0.200. The van der Waals surface area contributed by atoms with Gasteiger partial charge in [-0.25, -0.2) is 4.79 Å². The highest BCUT2D eigenvalue weighted by molar-refractivity contribution is 6.30. The molecule has 0 unspecified atom stereocenters. The fourth-order valence-electron chi connectivity index (χ4n) is 1.98. The van der Waals surface area contributed by atoms with E-state index in [9.17, 15) is 9.59 Å². The molecule has 2 aromatic rings. The van der Waals surface area contributed by atoms with Gasteiger partial charge in [0.25, 0.3) is 5.91 Å². The zero-order valence-corrected chi connectivity index (χ0v) is 12.1. The number of hydrogen-bond acceptors (Lipinski definition) is 3. The lowest BCUT2D eigenvalue weighted by molar-refractivity contribution is 0.0694. The third-order valence-corrected chi connectivity index (χ3v) is 3.26. The van der Waals surface area contributed by atoms with Crippen molar-refractivity contribution in [3.05, 3.63) is 58.0 Å². The molecular formula is C15H14ClNO4. The van der Waals surface area contributed by atoms with Crippen molar-refractivity contribution < 1.29 is 19.1 Å². The third-order valence-electron chi connectivity index (χ3n) is 3.02. The fourth-order valence-corrected chi connectivity index (χ4v) is 2.19. The summed E-state index contributed by atoms with van der Waals surface area (Å²) >= 11 is 5.90. The summed E-state index contributed by atoms with van der Waals surface area (Å²) in [7, 11) is 1.46. The number of nitrogens with one attached hydrogen (secondary N) is 1. The number of amides is 1. The van der Waals surface area contributed by atoms with Gasteiger partial charge in [0.1, 0.15) is 11.3 Å². The van der Waals surface area contributed by atoms with Gasteiger partial charge in [-0.2, -0.15) is 0 Å². The first-order valence-corrected chi connectivity index (χ1v) is 6.71. The van der Waals surface area contributed by atoms with E-state index in [1.807, 2.05) is 18.2 Å². The Bertz CT molecular complexity index is 678. The van der Waals surface area contributed by atoms with Crippen molar-refractivity contribution >= 4 is 23.5 Å². The summed E-state index contributed by atoms with van der Waals surface area (Å²) in [6.45, 7) is 0. The lowest BCUT2D eigenvalue weighted by atomic mass is 10.1. The third kappa shape index (κ3) is 3.64. The summed E-state index contributed by atoms with van der Waals surface area (Å²) < 4.78 is 5.35. The lowest BCUT2D eigenvalue weighted by Gasteiger charge is -2.01. The van der Waals surface area contributed by atoms with Crippen LogP contribution in [0.3, 0.4) is 0 Å². The topological polar surface area (TPSA) is 79.5 Å². The highest BCUT2D eigenvalue weighted by atomic mass is 35.5. The van der Waals surface area contributed by atoms with Gasteiger partial charge in [-0.05, 0) is 24.1 Å². The predicted molar refractivity (Wildman–Crippen MR) is 77.9 cm³/mol. The number of carboxylic acid groups (broad SMARTS) is 1. The number of carbonyl (C=O) groups excluding carboxylic acids is 1. The molecule has 0 saturated heterocycles. The second-order valence-electron chi connectivity index (χ2n) is 4.46. The summed E-state index contributed by atoms with van der Waals surface area (Å²) in [6, 6.07) is 8.55. The Labute approximate surface area is 126 Å². The standard InChI is InChI=1S/C15H14ClNO4/c1-17-14(18)13-8-11(15(19)20)12(21-13)6-5-9-3-2-4-10(16)7-9/h2-4,7-8H,5-6H2,1H3,(H,17,18)(H,19,20). The number of hydrogen-bond donors (Lipinski definition) is 2. The van der Waals surface area contributed by atoms with E-state index in [4.69, 9.17) is 21.1 Å². The number of aromatic carboxylic acids is 1. The molecule has 0 aliphatic rings. The Balaban J connectivity index is 2.20. The summed E-state index contributed by atoms with van der Waals surface area (Å²) in [5.41, 5.74) is 0.979. The number of carbonyl (C=O) groups is 2. The molecular weight excluding hydrogens is 294 g/mol. The normalized spacial score (nSPS) is 10.4. The van der Waals surface area contributed by atoms with Crippen molar-refractivity contribution in [2.75, 3.05) is 7.05 Å². The van der Waals surface area contributed by atoms with Crippen LogP contribution in [0, 0.1) is 0 Å². The van der Waals surface area contributed by atoms with Crippen molar-refractivity contribution in [1.82, 2.24) is 5.32 Å². The highest BCUT2D eigenvalue weighted by Gasteiger charge is 2.20. The minimum absolute atomic E-state index is 0.00371. The molecule has 0 bridgehead atoms. The number of rotatable bonds is 5. The molecule has 1 aromatic carbocycles. The first-order valence-electron chi connectivity index (χ1n) is 6.33. The van der Waals surface area contributed by atoms with E-state index in [2.05, 4.69) is 5.32 Å². The SMILES string of the molecule is CNC(=O)c1cc(C(=O)O)c(CCc2cccc(Cl)c2)o1. The molecule has 110 valence electrons. The van der Waals surface area contributed by atoms with Gasteiger partial charge in [0.15, 0.2) is 5.76 Å². The van der Waals surface area contributed by atoms with E-state index in [1.165, 1.54) is 13.1 Å². The van der Waals surface area contributed by atoms with Gasteiger partial charge in [0.2, 0.25) is 0 Å². The van der Waals surface area contributed by atoms with Gasteiger partial charge in [0, 0.05) is 24.6 Å². The van der Waals surface area contributed by atoms with Gasteiger partial charge in [-0.3, -0.25) is 4.79 Å². The van der Waals surface area contributed by atoms with Crippen LogP contribution < -0.4 is 5.32 Å². The number of halogens is 1. The van der Waals surface area contributed by atoms with Crippen molar-refractivity contribution in [1.29, 1.82) is 0 Å². The van der Waals surface area contributed by atoms with Gasteiger partial charge in [0.05, 0.1) is 0 Å². The molecule has 6 heteroatoms. The van der Waals surface area contributed by atoms with E-state index >= 15 is 0 Å². The monoisotopic (exact) mass is 307 g/mol. The Hall–Kier alpha value is -2.27. The number of benzene rings is 1.